The lowest BCUT2D eigenvalue weighted by Gasteiger charge is -2.26. The molecule has 2 aromatic rings. The molecular weight excluding hydrogens is 336 g/mol. The minimum absolute atomic E-state index is 0.232. The summed E-state index contributed by atoms with van der Waals surface area (Å²) in [6.45, 7) is 7.12. The smallest absolute Gasteiger partial charge is 0.326 e. The average Bonchev–Trinajstić information content (AvgIpc) is 2.61. The Morgan fingerprint density at radius 1 is 1.23 bits per heavy atom. The van der Waals surface area contributed by atoms with Crippen molar-refractivity contribution in [1.29, 1.82) is 0 Å². The molecule has 8 heteroatoms. The van der Waals surface area contributed by atoms with E-state index in [2.05, 4.69) is 15.6 Å². The summed E-state index contributed by atoms with van der Waals surface area (Å²) in [5.74, 6) is -2.20. The lowest BCUT2D eigenvalue weighted by Crippen LogP contribution is -2.50. The predicted molar refractivity (Wildman–Crippen MR) is 96.7 cm³/mol. The van der Waals surface area contributed by atoms with Crippen LogP contribution >= 0.6 is 0 Å². The maximum absolute atomic E-state index is 12.8. The van der Waals surface area contributed by atoms with Crippen molar-refractivity contribution in [3.63, 3.8) is 0 Å². The van der Waals surface area contributed by atoms with Crippen molar-refractivity contribution in [1.82, 2.24) is 20.3 Å². The van der Waals surface area contributed by atoms with Gasteiger partial charge in [0.2, 0.25) is 5.91 Å². The number of carboxylic acid groups (broad SMARTS) is 1. The highest BCUT2D eigenvalue weighted by atomic mass is 16.4. The molecular formula is C18H24N4O4. The van der Waals surface area contributed by atoms with Gasteiger partial charge in [0.15, 0.2) is 0 Å². The largest absolute Gasteiger partial charge is 0.480 e. The number of benzene rings is 1. The Morgan fingerprint density at radius 2 is 1.88 bits per heavy atom. The van der Waals surface area contributed by atoms with Crippen molar-refractivity contribution >= 4 is 22.8 Å². The molecule has 0 bridgehead atoms. The van der Waals surface area contributed by atoms with Gasteiger partial charge in [-0.25, -0.2) is 4.79 Å². The summed E-state index contributed by atoms with van der Waals surface area (Å²) in [5, 5.41) is 20.2. The Hall–Kier alpha value is -2.77. The van der Waals surface area contributed by atoms with Gasteiger partial charge in [-0.2, -0.15) is 4.68 Å². The number of carbonyl (C=O) groups excluding carboxylic acids is 1. The zero-order chi connectivity index (χ0) is 19.4. The van der Waals surface area contributed by atoms with E-state index in [9.17, 15) is 19.5 Å². The molecule has 1 aromatic heterocycles. The van der Waals surface area contributed by atoms with Gasteiger partial charge in [-0.15, -0.1) is 5.10 Å². The van der Waals surface area contributed by atoms with Crippen LogP contribution in [0, 0.1) is 11.8 Å². The van der Waals surface area contributed by atoms with Gasteiger partial charge in [-0.1, -0.05) is 51.5 Å². The fourth-order valence-corrected chi connectivity index (χ4v) is 2.77. The third-order valence-corrected chi connectivity index (χ3v) is 4.54. The fourth-order valence-electron chi connectivity index (χ4n) is 2.77. The molecule has 0 radical (unpaired) electrons. The number of aliphatic carboxylic acids is 1. The average molecular weight is 360 g/mol. The van der Waals surface area contributed by atoms with Crippen LogP contribution in [0.25, 0.3) is 10.9 Å². The Labute approximate surface area is 151 Å². The van der Waals surface area contributed by atoms with Crippen molar-refractivity contribution < 1.29 is 14.7 Å². The molecule has 3 atom stereocenters. The zero-order valence-corrected chi connectivity index (χ0v) is 15.3. The number of rotatable bonds is 7. The van der Waals surface area contributed by atoms with E-state index in [1.54, 1.807) is 38.1 Å². The highest BCUT2D eigenvalue weighted by Crippen LogP contribution is 2.20. The third kappa shape index (κ3) is 3.89. The van der Waals surface area contributed by atoms with E-state index in [1.807, 2.05) is 13.8 Å². The van der Waals surface area contributed by atoms with E-state index >= 15 is 0 Å². The van der Waals surface area contributed by atoms with Crippen LogP contribution in [0.3, 0.4) is 0 Å². The number of nitrogens with one attached hydrogen (secondary N) is 1. The van der Waals surface area contributed by atoms with E-state index in [1.165, 1.54) is 0 Å². The molecule has 1 heterocycles. The fraction of sp³-hybridized carbons (Fsp3) is 0.500. The number of amides is 1. The summed E-state index contributed by atoms with van der Waals surface area (Å²) in [7, 11) is 0. The number of fused-ring (bicyclic) bond motifs is 1. The summed E-state index contributed by atoms with van der Waals surface area (Å²) in [4.78, 5) is 37.1. The minimum Gasteiger partial charge on any atom is -0.480 e. The van der Waals surface area contributed by atoms with Crippen LogP contribution in [-0.4, -0.2) is 38.0 Å². The van der Waals surface area contributed by atoms with Gasteiger partial charge in [0, 0.05) is 0 Å². The maximum Gasteiger partial charge on any atom is 0.326 e. The summed E-state index contributed by atoms with van der Waals surface area (Å²) >= 11 is 0. The van der Waals surface area contributed by atoms with Gasteiger partial charge in [0.25, 0.3) is 5.56 Å². The molecule has 0 aliphatic carbocycles. The Balaban J connectivity index is 2.48. The van der Waals surface area contributed by atoms with Crippen molar-refractivity contribution in [2.24, 2.45) is 11.8 Å². The Morgan fingerprint density at radius 3 is 2.46 bits per heavy atom. The van der Waals surface area contributed by atoms with Crippen LogP contribution in [-0.2, 0) is 9.59 Å². The molecule has 1 aromatic carbocycles. The van der Waals surface area contributed by atoms with Crippen LogP contribution in [0.1, 0.15) is 40.2 Å². The first-order valence-corrected chi connectivity index (χ1v) is 8.65. The third-order valence-electron chi connectivity index (χ3n) is 4.54. The number of nitrogens with zero attached hydrogens (tertiary/aromatic N) is 3. The van der Waals surface area contributed by atoms with E-state index in [0.717, 1.165) is 4.68 Å². The molecule has 0 unspecified atom stereocenters. The number of hydrogen-bond donors (Lipinski definition) is 2. The van der Waals surface area contributed by atoms with Crippen molar-refractivity contribution in [3.05, 3.63) is 34.6 Å². The molecule has 0 aliphatic heterocycles. The highest BCUT2D eigenvalue weighted by molar-refractivity contribution is 5.86. The summed E-state index contributed by atoms with van der Waals surface area (Å²) in [5.41, 5.74) is 0.0233. The van der Waals surface area contributed by atoms with Crippen LogP contribution in [0.5, 0.6) is 0 Å². The predicted octanol–water partition coefficient (Wildman–Crippen LogP) is 1.60. The monoisotopic (exact) mass is 360 g/mol. The van der Waals surface area contributed by atoms with Gasteiger partial charge in [0.1, 0.15) is 17.6 Å². The quantitative estimate of drug-likeness (QED) is 0.775. The second-order valence-corrected chi connectivity index (χ2v) is 6.76. The number of carboxylic acids is 1. The SMILES string of the molecule is CC[C@H](C)[C@@H](C(=O)N[C@H](C(=O)O)C(C)C)n1nnc2ccccc2c1=O. The lowest BCUT2D eigenvalue weighted by atomic mass is 9.97. The molecule has 2 rings (SSSR count). The van der Waals surface area contributed by atoms with Gasteiger partial charge in [-0.3, -0.25) is 9.59 Å². The highest BCUT2D eigenvalue weighted by Gasteiger charge is 2.33. The molecule has 0 saturated carbocycles. The summed E-state index contributed by atoms with van der Waals surface area (Å²) in [6, 6.07) is 4.78. The molecule has 26 heavy (non-hydrogen) atoms. The van der Waals surface area contributed by atoms with Crippen LogP contribution in [0.4, 0.5) is 0 Å². The number of hydrogen-bond acceptors (Lipinski definition) is 5. The minimum atomic E-state index is -1.12. The molecule has 140 valence electrons. The summed E-state index contributed by atoms with van der Waals surface area (Å²) < 4.78 is 1.06. The van der Waals surface area contributed by atoms with Crippen LogP contribution in [0.15, 0.2) is 29.1 Å². The first-order valence-electron chi connectivity index (χ1n) is 8.65. The van der Waals surface area contributed by atoms with Crippen LogP contribution < -0.4 is 10.9 Å². The van der Waals surface area contributed by atoms with Gasteiger partial charge in [0.05, 0.1) is 5.39 Å². The molecule has 8 nitrogen and oxygen atoms in total. The first-order chi connectivity index (χ1) is 12.3. The molecule has 0 saturated heterocycles. The number of aromatic nitrogens is 3. The Bertz CT molecular complexity index is 862. The van der Waals surface area contributed by atoms with Gasteiger partial charge in [-0.05, 0) is 24.0 Å². The molecule has 0 fully saturated rings. The molecule has 0 spiro atoms. The van der Waals surface area contributed by atoms with Crippen molar-refractivity contribution in [3.8, 4) is 0 Å². The summed E-state index contributed by atoms with van der Waals surface area (Å²) in [6.07, 6.45) is 0.610. The van der Waals surface area contributed by atoms with Crippen LogP contribution in [0.2, 0.25) is 0 Å². The second-order valence-electron chi connectivity index (χ2n) is 6.76. The van der Waals surface area contributed by atoms with Gasteiger partial charge >= 0.3 is 5.97 Å². The molecule has 2 N–H and O–H groups in total. The number of carbonyl (C=O) groups is 2. The second kappa shape index (κ2) is 8.07. The first kappa shape index (κ1) is 19.6. The maximum atomic E-state index is 12.8. The van der Waals surface area contributed by atoms with Crippen molar-refractivity contribution in [2.45, 2.75) is 46.2 Å². The topological polar surface area (TPSA) is 114 Å². The van der Waals surface area contributed by atoms with Gasteiger partial charge < -0.3 is 10.4 Å². The Kier molecular flexibility index (Phi) is 6.07. The van der Waals surface area contributed by atoms with E-state index < -0.39 is 29.5 Å². The lowest BCUT2D eigenvalue weighted by molar-refractivity contribution is -0.144. The molecule has 1 amide bonds. The van der Waals surface area contributed by atoms with E-state index in [4.69, 9.17) is 0 Å². The standard InChI is InChI=1S/C18H24N4O4/c1-5-11(4)15(16(23)19-14(10(2)3)18(25)26)22-17(24)12-8-6-7-9-13(12)20-21-22/h6-11,14-15H,5H2,1-4H3,(H,19,23)(H,25,26)/t11-,14-,15-/m0/s1. The molecule has 0 aliphatic rings. The normalized spacial score (nSPS) is 14.8. The zero-order valence-electron chi connectivity index (χ0n) is 15.3. The van der Waals surface area contributed by atoms with E-state index in [0.29, 0.717) is 17.3 Å². The van der Waals surface area contributed by atoms with Crippen molar-refractivity contribution in [2.75, 3.05) is 0 Å². The van der Waals surface area contributed by atoms with E-state index in [-0.39, 0.29) is 11.8 Å².